The summed E-state index contributed by atoms with van der Waals surface area (Å²) in [5.41, 5.74) is 0.302. The number of carbonyl (C=O) groups excluding carboxylic acids is 1. The molecule has 8 nitrogen and oxygen atoms in total. The molecule has 11 heteroatoms. The summed E-state index contributed by atoms with van der Waals surface area (Å²) < 4.78 is 55.6. The van der Waals surface area contributed by atoms with Crippen molar-refractivity contribution in [3.63, 3.8) is 0 Å². The molecule has 0 aliphatic carbocycles. The zero-order valence-electron chi connectivity index (χ0n) is 22.7. The Morgan fingerprint density at radius 1 is 0.975 bits per heavy atom. The number of nitrogens with zero attached hydrogens (tertiary/aromatic N) is 3. The van der Waals surface area contributed by atoms with Gasteiger partial charge in [-0.2, -0.15) is 13.2 Å². The molecule has 0 unspecified atom stereocenters. The number of piperidine rings is 2. The maximum Gasteiger partial charge on any atom is 0.416 e. The van der Waals surface area contributed by atoms with Gasteiger partial charge in [0.25, 0.3) is 0 Å². The Bertz CT molecular complexity index is 1110. The first-order valence-corrected chi connectivity index (χ1v) is 13.8. The molecule has 0 saturated carbocycles. The molecule has 0 N–H and O–H groups in total. The highest BCUT2D eigenvalue weighted by Crippen LogP contribution is 2.33. The number of alkyl halides is 3. The predicted octanol–water partition coefficient (Wildman–Crippen LogP) is 5.94. The lowest BCUT2D eigenvalue weighted by molar-refractivity contribution is -0.137. The molecule has 0 spiro atoms. The fraction of sp³-hybridized carbons (Fsp3) is 0.552. The van der Waals surface area contributed by atoms with Gasteiger partial charge in [-0.25, -0.2) is 0 Å². The fourth-order valence-corrected chi connectivity index (χ4v) is 5.05. The first-order valence-electron chi connectivity index (χ1n) is 13.8. The number of carbonyl (C=O) groups is 1. The second kappa shape index (κ2) is 13.9. The number of halogens is 3. The first kappa shape index (κ1) is 29.8. The van der Waals surface area contributed by atoms with Crippen LogP contribution in [0.2, 0.25) is 0 Å². The molecule has 0 atom stereocenters. The molecule has 218 valence electrons. The first-order chi connectivity index (χ1) is 19.2. The van der Waals surface area contributed by atoms with Gasteiger partial charge < -0.3 is 24.0 Å². The van der Waals surface area contributed by atoms with Crippen LogP contribution in [0.5, 0.6) is 11.5 Å². The number of nitroso groups, excluding NO2 is 1. The summed E-state index contributed by atoms with van der Waals surface area (Å²) in [5, 5.41) is 2.98. The monoisotopic (exact) mass is 563 g/mol. The normalized spacial score (nSPS) is 17.6. The average molecular weight is 564 g/mol. The van der Waals surface area contributed by atoms with Crippen LogP contribution < -0.4 is 9.47 Å². The van der Waals surface area contributed by atoms with Crippen LogP contribution in [0.15, 0.2) is 47.6 Å². The summed E-state index contributed by atoms with van der Waals surface area (Å²) in [5.74, 6) is 1.16. The summed E-state index contributed by atoms with van der Waals surface area (Å²) in [6.07, 6.45) is -0.730. The molecular formula is C29H36F3N3O5. The van der Waals surface area contributed by atoms with Crippen LogP contribution in [-0.4, -0.2) is 67.2 Å². The van der Waals surface area contributed by atoms with Gasteiger partial charge in [0.2, 0.25) is 5.91 Å². The van der Waals surface area contributed by atoms with E-state index in [0.717, 1.165) is 56.5 Å². The summed E-state index contributed by atoms with van der Waals surface area (Å²) in [4.78, 5) is 27.9. The second-order valence-corrected chi connectivity index (χ2v) is 10.1. The Kier molecular flexibility index (Phi) is 10.4. The van der Waals surface area contributed by atoms with Crippen LogP contribution >= 0.6 is 0 Å². The van der Waals surface area contributed by atoms with Crippen LogP contribution in [0.25, 0.3) is 0 Å². The van der Waals surface area contributed by atoms with Crippen molar-refractivity contribution in [3.05, 3.63) is 58.5 Å². The van der Waals surface area contributed by atoms with Crippen LogP contribution in [0, 0.1) is 4.91 Å². The lowest BCUT2D eigenvalue weighted by Gasteiger charge is -2.34. The van der Waals surface area contributed by atoms with E-state index in [2.05, 4.69) is 10.1 Å². The molecule has 2 heterocycles. The van der Waals surface area contributed by atoms with Crippen molar-refractivity contribution < 1.29 is 32.2 Å². The van der Waals surface area contributed by atoms with Crippen molar-refractivity contribution >= 4 is 11.6 Å². The SMILES string of the molecule is CCOc1cc(OC2CCN(C(=O)CCN3CCC(OCc4ccc(C(F)(F)F)cc4)CC3)CC2)ccc1N=O. The molecule has 40 heavy (non-hydrogen) atoms. The Morgan fingerprint density at radius 2 is 1.65 bits per heavy atom. The highest BCUT2D eigenvalue weighted by molar-refractivity contribution is 5.76. The maximum absolute atomic E-state index is 12.8. The van der Waals surface area contributed by atoms with E-state index in [1.807, 2.05) is 11.8 Å². The van der Waals surface area contributed by atoms with Crippen molar-refractivity contribution in [1.82, 2.24) is 9.80 Å². The number of likely N-dealkylation sites (tertiary alicyclic amines) is 2. The quantitative estimate of drug-likeness (QED) is 0.315. The van der Waals surface area contributed by atoms with Crippen LogP contribution in [0.4, 0.5) is 18.9 Å². The molecule has 0 aromatic heterocycles. The molecule has 2 aliphatic rings. The van der Waals surface area contributed by atoms with Gasteiger partial charge in [0.1, 0.15) is 17.5 Å². The summed E-state index contributed by atoms with van der Waals surface area (Å²) in [7, 11) is 0. The fourth-order valence-electron chi connectivity index (χ4n) is 5.05. The van der Waals surface area contributed by atoms with Gasteiger partial charge in [-0.15, -0.1) is 4.91 Å². The molecule has 2 aliphatic heterocycles. The van der Waals surface area contributed by atoms with Crippen LogP contribution in [0.3, 0.4) is 0 Å². The van der Waals surface area contributed by atoms with E-state index in [1.54, 1.807) is 18.2 Å². The summed E-state index contributed by atoms with van der Waals surface area (Å²) >= 11 is 0. The van der Waals surface area contributed by atoms with E-state index in [1.165, 1.54) is 12.1 Å². The highest BCUT2D eigenvalue weighted by atomic mass is 19.4. The number of hydrogen-bond acceptors (Lipinski definition) is 7. The predicted molar refractivity (Wildman–Crippen MR) is 144 cm³/mol. The summed E-state index contributed by atoms with van der Waals surface area (Å²) in [6, 6.07) is 10.1. The molecule has 2 aromatic carbocycles. The van der Waals surface area contributed by atoms with E-state index >= 15 is 0 Å². The smallest absolute Gasteiger partial charge is 0.416 e. The van der Waals surface area contributed by atoms with Crippen LogP contribution in [0.1, 0.15) is 50.2 Å². The molecular weight excluding hydrogens is 527 g/mol. The van der Waals surface area contributed by atoms with Crippen molar-refractivity contribution in [2.75, 3.05) is 39.3 Å². The Hall–Kier alpha value is -3.18. The minimum Gasteiger partial charge on any atom is -0.491 e. The minimum atomic E-state index is -4.34. The highest BCUT2D eigenvalue weighted by Gasteiger charge is 2.30. The largest absolute Gasteiger partial charge is 0.491 e. The molecule has 2 aromatic rings. The third-order valence-electron chi connectivity index (χ3n) is 7.37. The second-order valence-electron chi connectivity index (χ2n) is 10.1. The Labute approximate surface area is 232 Å². The van der Waals surface area contributed by atoms with Gasteiger partial charge in [-0.1, -0.05) is 12.1 Å². The molecule has 2 fully saturated rings. The van der Waals surface area contributed by atoms with E-state index < -0.39 is 11.7 Å². The van der Waals surface area contributed by atoms with Crippen molar-refractivity contribution in [1.29, 1.82) is 0 Å². The standard InChI is InChI=1S/C29H36F3N3O5/c1-2-38-27-19-25(7-8-26(27)33-37)40-24-11-17-35(18-12-24)28(36)13-16-34-14-9-23(10-15-34)39-20-21-3-5-22(6-4-21)29(30,31)32/h3-8,19,23-24H,2,9-18,20H2,1H3. The maximum atomic E-state index is 12.8. The Balaban J connectivity index is 1.12. The minimum absolute atomic E-state index is 0.0184. The zero-order chi connectivity index (χ0) is 28.5. The molecule has 0 bridgehead atoms. The number of hydrogen-bond donors (Lipinski definition) is 0. The number of ether oxygens (including phenoxy) is 3. The Morgan fingerprint density at radius 3 is 2.27 bits per heavy atom. The van der Waals surface area contributed by atoms with Gasteiger partial charge >= 0.3 is 6.18 Å². The van der Waals surface area contributed by atoms with Crippen LogP contribution in [-0.2, 0) is 22.3 Å². The van der Waals surface area contributed by atoms with E-state index in [0.29, 0.717) is 44.2 Å². The van der Waals surface area contributed by atoms with Gasteiger partial charge in [0.15, 0.2) is 5.75 Å². The number of benzene rings is 2. The molecule has 2 saturated heterocycles. The van der Waals surface area contributed by atoms with Gasteiger partial charge in [0.05, 0.1) is 24.9 Å². The topological polar surface area (TPSA) is 80.7 Å². The molecule has 0 radical (unpaired) electrons. The lowest BCUT2D eigenvalue weighted by Crippen LogP contribution is -2.44. The third kappa shape index (κ3) is 8.41. The van der Waals surface area contributed by atoms with E-state index in [9.17, 15) is 22.9 Å². The van der Waals surface area contributed by atoms with Gasteiger partial charge in [-0.05, 0) is 54.8 Å². The lowest BCUT2D eigenvalue weighted by atomic mass is 10.1. The van der Waals surface area contributed by atoms with Crippen molar-refractivity contribution in [2.24, 2.45) is 5.18 Å². The third-order valence-corrected chi connectivity index (χ3v) is 7.37. The van der Waals surface area contributed by atoms with E-state index in [-0.39, 0.29) is 30.4 Å². The average Bonchev–Trinajstić information content (AvgIpc) is 2.96. The van der Waals surface area contributed by atoms with Gasteiger partial charge in [0, 0.05) is 58.1 Å². The molecule has 1 amide bonds. The van der Waals surface area contributed by atoms with Crippen molar-refractivity contribution in [3.8, 4) is 11.5 Å². The molecule has 4 rings (SSSR count). The van der Waals surface area contributed by atoms with Crippen molar-refractivity contribution in [2.45, 2.75) is 64.0 Å². The zero-order valence-corrected chi connectivity index (χ0v) is 22.7. The van der Waals surface area contributed by atoms with E-state index in [4.69, 9.17) is 14.2 Å². The van der Waals surface area contributed by atoms with Gasteiger partial charge in [-0.3, -0.25) is 4.79 Å². The number of rotatable bonds is 11. The number of amides is 1. The summed E-state index contributed by atoms with van der Waals surface area (Å²) in [6.45, 7) is 6.15.